The zero-order valence-corrected chi connectivity index (χ0v) is 10.7. The molecule has 0 atom stereocenters. The number of thiol groups is 1. The molecule has 0 heterocycles. The van der Waals surface area contributed by atoms with Gasteiger partial charge in [-0.05, 0) is 30.7 Å². The number of hydrogen-bond donors (Lipinski definition) is 1. The zero-order valence-electron chi connectivity index (χ0n) is 9.81. The van der Waals surface area contributed by atoms with Gasteiger partial charge in [-0.25, -0.2) is 0 Å². The fourth-order valence-corrected chi connectivity index (χ4v) is 1.58. The van der Waals surface area contributed by atoms with Gasteiger partial charge in [-0.15, -0.1) is 0 Å². The molecular weight excluding hydrogens is 283 g/mol. The minimum atomic E-state index is -4.62. The van der Waals surface area contributed by atoms with Gasteiger partial charge in [-0.3, -0.25) is 10.1 Å². The third-order valence-electron chi connectivity index (χ3n) is 2.29. The molecule has 106 valence electrons. The van der Waals surface area contributed by atoms with Crippen molar-refractivity contribution in [2.24, 2.45) is 0 Å². The first kappa shape index (κ1) is 15.6. The molecule has 0 aliphatic carbocycles. The Morgan fingerprint density at radius 2 is 2.00 bits per heavy atom. The fourth-order valence-electron chi connectivity index (χ4n) is 1.35. The van der Waals surface area contributed by atoms with E-state index in [9.17, 15) is 23.3 Å². The smallest absolute Gasteiger partial charge is 0.416 e. The molecule has 8 heteroatoms. The van der Waals surface area contributed by atoms with Crippen LogP contribution in [0.2, 0.25) is 0 Å². The van der Waals surface area contributed by atoms with Crippen LogP contribution in [0, 0.1) is 10.1 Å². The molecule has 0 unspecified atom stereocenters. The number of ether oxygens (including phenoxy) is 1. The van der Waals surface area contributed by atoms with Gasteiger partial charge in [-0.2, -0.15) is 25.8 Å². The Balaban J connectivity index is 2.90. The Bertz CT molecular complexity index is 451. The fraction of sp³-hybridized carbons (Fsp3) is 0.455. The van der Waals surface area contributed by atoms with E-state index in [-0.39, 0.29) is 12.4 Å². The summed E-state index contributed by atoms with van der Waals surface area (Å²) >= 11 is 3.99. The van der Waals surface area contributed by atoms with Crippen LogP contribution in [0.4, 0.5) is 18.9 Å². The number of rotatable bonds is 6. The predicted octanol–water partition coefficient (Wildman–Crippen LogP) is 3.70. The van der Waals surface area contributed by atoms with Crippen LogP contribution in [0.1, 0.15) is 18.4 Å². The number of nitro benzene ring substituents is 1. The first-order chi connectivity index (χ1) is 8.86. The van der Waals surface area contributed by atoms with Crippen molar-refractivity contribution in [1.29, 1.82) is 0 Å². The van der Waals surface area contributed by atoms with E-state index in [1.54, 1.807) is 0 Å². The second-order valence-electron chi connectivity index (χ2n) is 3.72. The highest BCUT2D eigenvalue weighted by Gasteiger charge is 2.33. The van der Waals surface area contributed by atoms with E-state index in [1.165, 1.54) is 0 Å². The highest BCUT2D eigenvalue weighted by atomic mass is 32.1. The lowest BCUT2D eigenvalue weighted by Gasteiger charge is -2.09. The summed E-state index contributed by atoms with van der Waals surface area (Å²) in [6.45, 7) is 0.201. The molecule has 0 fully saturated rings. The Kier molecular flexibility index (Phi) is 5.46. The summed E-state index contributed by atoms with van der Waals surface area (Å²) < 4.78 is 42.5. The van der Waals surface area contributed by atoms with Gasteiger partial charge in [0.05, 0.1) is 17.1 Å². The third-order valence-corrected chi connectivity index (χ3v) is 2.61. The lowest BCUT2D eigenvalue weighted by Crippen LogP contribution is -2.07. The van der Waals surface area contributed by atoms with Crippen molar-refractivity contribution in [3.8, 4) is 5.75 Å². The molecule has 0 aliphatic heterocycles. The minimum Gasteiger partial charge on any atom is -0.487 e. The standard InChI is InChI=1S/C11H12F3NO3S/c12-11(13,14)8-3-4-10(9(7-8)15(16)17)18-5-1-2-6-19/h3-4,7,19H,1-2,5-6H2. The Hall–Kier alpha value is -1.44. The molecule has 1 aromatic carbocycles. The molecule has 0 aliphatic rings. The molecule has 0 radical (unpaired) electrons. The lowest BCUT2D eigenvalue weighted by atomic mass is 10.2. The highest BCUT2D eigenvalue weighted by molar-refractivity contribution is 7.80. The van der Waals surface area contributed by atoms with E-state index in [0.29, 0.717) is 18.2 Å². The van der Waals surface area contributed by atoms with Crippen molar-refractivity contribution in [2.75, 3.05) is 12.4 Å². The number of unbranched alkanes of at least 4 members (excludes halogenated alkanes) is 1. The van der Waals surface area contributed by atoms with E-state index in [0.717, 1.165) is 18.6 Å². The van der Waals surface area contributed by atoms with Crippen molar-refractivity contribution < 1.29 is 22.8 Å². The Morgan fingerprint density at radius 1 is 1.32 bits per heavy atom. The van der Waals surface area contributed by atoms with Crippen LogP contribution < -0.4 is 4.74 Å². The molecule has 0 aromatic heterocycles. The molecule has 0 spiro atoms. The van der Waals surface area contributed by atoms with Crippen molar-refractivity contribution in [2.45, 2.75) is 19.0 Å². The van der Waals surface area contributed by atoms with Gasteiger partial charge < -0.3 is 4.74 Å². The summed E-state index contributed by atoms with van der Waals surface area (Å²) in [5.41, 5.74) is -1.75. The largest absolute Gasteiger partial charge is 0.487 e. The van der Waals surface area contributed by atoms with Crippen LogP contribution in [0.5, 0.6) is 5.75 Å². The maximum Gasteiger partial charge on any atom is 0.416 e. The van der Waals surface area contributed by atoms with E-state index in [1.807, 2.05) is 0 Å². The highest BCUT2D eigenvalue weighted by Crippen LogP contribution is 2.36. The Morgan fingerprint density at radius 3 is 2.53 bits per heavy atom. The van der Waals surface area contributed by atoms with Gasteiger partial charge in [0.15, 0.2) is 5.75 Å². The normalized spacial score (nSPS) is 11.4. The van der Waals surface area contributed by atoms with Crippen molar-refractivity contribution in [3.63, 3.8) is 0 Å². The number of nitro groups is 1. The summed E-state index contributed by atoms with van der Waals surface area (Å²) in [7, 11) is 0. The van der Waals surface area contributed by atoms with Crippen molar-refractivity contribution in [3.05, 3.63) is 33.9 Å². The summed E-state index contributed by atoms with van der Waals surface area (Å²) in [5.74, 6) is 0.496. The van der Waals surface area contributed by atoms with Crippen LogP contribution in [-0.4, -0.2) is 17.3 Å². The number of hydrogen-bond acceptors (Lipinski definition) is 4. The molecule has 0 N–H and O–H groups in total. The number of benzene rings is 1. The second kappa shape index (κ2) is 6.65. The van der Waals surface area contributed by atoms with Crippen LogP contribution in [0.3, 0.4) is 0 Å². The number of alkyl halides is 3. The molecule has 0 bridgehead atoms. The maximum atomic E-state index is 12.4. The first-order valence-electron chi connectivity index (χ1n) is 5.45. The topological polar surface area (TPSA) is 52.4 Å². The molecule has 0 amide bonds. The Labute approximate surface area is 113 Å². The van der Waals surface area contributed by atoms with Gasteiger partial charge in [0.25, 0.3) is 0 Å². The van der Waals surface area contributed by atoms with Gasteiger partial charge in [0.2, 0.25) is 0 Å². The number of nitrogens with zero attached hydrogens (tertiary/aromatic N) is 1. The van der Waals surface area contributed by atoms with Gasteiger partial charge in [0, 0.05) is 6.07 Å². The van der Waals surface area contributed by atoms with E-state index in [4.69, 9.17) is 4.74 Å². The van der Waals surface area contributed by atoms with E-state index in [2.05, 4.69) is 12.6 Å². The first-order valence-corrected chi connectivity index (χ1v) is 6.09. The SMILES string of the molecule is O=[N+]([O-])c1cc(C(F)(F)F)ccc1OCCCCS. The van der Waals surface area contributed by atoms with Gasteiger partial charge >= 0.3 is 11.9 Å². The summed E-state index contributed by atoms with van der Waals surface area (Å²) in [5, 5.41) is 10.7. The summed E-state index contributed by atoms with van der Waals surface area (Å²) in [4.78, 5) is 9.85. The molecule has 0 saturated heterocycles. The third kappa shape index (κ3) is 4.62. The molecule has 4 nitrogen and oxygen atoms in total. The van der Waals surface area contributed by atoms with Crippen molar-refractivity contribution >= 4 is 18.3 Å². The molecular formula is C11H12F3NO3S. The van der Waals surface area contributed by atoms with Gasteiger partial charge in [-0.1, -0.05) is 0 Å². The van der Waals surface area contributed by atoms with Crippen LogP contribution >= 0.6 is 12.6 Å². The zero-order chi connectivity index (χ0) is 14.5. The monoisotopic (exact) mass is 295 g/mol. The summed E-state index contributed by atoms with van der Waals surface area (Å²) in [6.07, 6.45) is -3.23. The number of halogens is 3. The van der Waals surface area contributed by atoms with E-state index >= 15 is 0 Å². The molecule has 1 rings (SSSR count). The van der Waals surface area contributed by atoms with E-state index < -0.39 is 22.4 Å². The van der Waals surface area contributed by atoms with Gasteiger partial charge in [0.1, 0.15) is 0 Å². The maximum absolute atomic E-state index is 12.4. The predicted molar refractivity (Wildman–Crippen MR) is 66.7 cm³/mol. The van der Waals surface area contributed by atoms with Crippen LogP contribution in [0.15, 0.2) is 18.2 Å². The average molecular weight is 295 g/mol. The molecule has 1 aromatic rings. The van der Waals surface area contributed by atoms with Crippen LogP contribution in [0.25, 0.3) is 0 Å². The van der Waals surface area contributed by atoms with Crippen molar-refractivity contribution in [1.82, 2.24) is 0 Å². The molecule has 19 heavy (non-hydrogen) atoms. The summed E-state index contributed by atoms with van der Waals surface area (Å²) in [6, 6.07) is 2.22. The second-order valence-corrected chi connectivity index (χ2v) is 4.16. The van der Waals surface area contributed by atoms with Crippen LogP contribution in [-0.2, 0) is 6.18 Å². The minimum absolute atomic E-state index is 0.155. The quantitative estimate of drug-likeness (QED) is 0.377. The molecule has 0 saturated carbocycles. The average Bonchev–Trinajstić information content (AvgIpc) is 2.33. The lowest BCUT2D eigenvalue weighted by molar-refractivity contribution is -0.386.